The van der Waals surface area contributed by atoms with E-state index in [1.165, 1.54) is 35.1 Å². The highest BCUT2D eigenvalue weighted by molar-refractivity contribution is 7.97. The van der Waals surface area contributed by atoms with Crippen molar-refractivity contribution in [3.8, 4) is 5.75 Å². The molecule has 0 unspecified atom stereocenters. The van der Waals surface area contributed by atoms with Gasteiger partial charge >= 0.3 is 23.3 Å². The Kier molecular flexibility index (Phi) is 8.05. The van der Waals surface area contributed by atoms with E-state index in [1.54, 1.807) is 12.0 Å². The van der Waals surface area contributed by atoms with Gasteiger partial charge in [-0.1, -0.05) is 18.2 Å². The second-order valence-electron chi connectivity index (χ2n) is 7.04. The molecule has 192 valence electrons. The molecule has 0 aromatic heterocycles. The fraction of sp³-hybridized carbons (Fsp3) is 0.474. The van der Waals surface area contributed by atoms with Crippen LogP contribution in [0.25, 0.3) is 10.8 Å². The van der Waals surface area contributed by atoms with Gasteiger partial charge in [-0.3, -0.25) is 0 Å². The van der Waals surface area contributed by atoms with Gasteiger partial charge in [-0.2, -0.15) is 39.5 Å². The molecule has 1 aliphatic heterocycles. The van der Waals surface area contributed by atoms with Crippen LogP contribution in [0.15, 0.2) is 41.3 Å². The monoisotopic (exact) mass is 544 g/mol. The molecule has 0 N–H and O–H groups in total. The van der Waals surface area contributed by atoms with Crippen LogP contribution in [0.2, 0.25) is 0 Å². The van der Waals surface area contributed by atoms with Gasteiger partial charge in [-0.05, 0) is 31.0 Å². The van der Waals surface area contributed by atoms with Crippen LogP contribution in [-0.2, 0) is 21.0 Å². The van der Waals surface area contributed by atoms with Gasteiger partial charge in [0.25, 0.3) is 0 Å². The lowest BCUT2D eigenvalue weighted by Crippen LogP contribution is -2.63. The number of ether oxygens (including phenoxy) is 1. The zero-order chi connectivity index (χ0) is 26.2. The number of halogens is 9. The number of alkyl halides is 9. The third kappa shape index (κ3) is 5.05. The Bertz CT molecular complexity index is 1110. The predicted octanol–water partition coefficient (Wildman–Crippen LogP) is 5.58. The molecule has 0 bridgehead atoms. The standard InChI is InChI=1S/C15H17OS.C4HF9O3S/c1-16-14-8-9-15(17-10-4-5-11-17)13-7-3-2-6-12(13)14;5-1(6,3(9,10)11)2(7,8)4(12,13)17(14,15)16/h2-3,6-9H,4-5,10-11H2,1H3;(H,14,15,16)/q+1;/p-1. The first-order chi connectivity index (χ1) is 15.4. The Morgan fingerprint density at radius 2 is 1.32 bits per heavy atom. The molecular weight excluding hydrogens is 527 g/mol. The minimum atomic E-state index is -7.43. The van der Waals surface area contributed by atoms with E-state index in [1.807, 2.05) is 0 Å². The molecule has 0 atom stereocenters. The van der Waals surface area contributed by atoms with Crippen molar-refractivity contribution < 1.29 is 57.2 Å². The first-order valence-corrected chi connectivity index (χ1v) is 12.3. The summed E-state index contributed by atoms with van der Waals surface area (Å²) >= 11 is 0. The zero-order valence-electron chi connectivity index (χ0n) is 17.1. The van der Waals surface area contributed by atoms with E-state index in [2.05, 4.69) is 36.4 Å². The third-order valence-corrected chi connectivity index (χ3v) is 8.26. The summed E-state index contributed by atoms with van der Waals surface area (Å²) in [7, 11) is -5.20. The Morgan fingerprint density at radius 3 is 1.76 bits per heavy atom. The quantitative estimate of drug-likeness (QED) is 0.280. The van der Waals surface area contributed by atoms with Crippen LogP contribution in [0.5, 0.6) is 5.75 Å². The summed E-state index contributed by atoms with van der Waals surface area (Å²) in [4.78, 5) is 1.54. The minimum Gasteiger partial charge on any atom is -0.743 e. The van der Waals surface area contributed by atoms with Crippen LogP contribution in [0.3, 0.4) is 0 Å². The maximum atomic E-state index is 12.2. The summed E-state index contributed by atoms with van der Waals surface area (Å²) in [5, 5.41) is -4.47. The smallest absolute Gasteiger partial charge is 0.460 e. The SMILES string of the molecule is COc1ccc([S+]2CCCC2)c2ccccc12.O=S(=O)([O-])C(F)(F)C(F)(F)C(F)(F)C(F)(F)F. The molecule has 15 heteroatoms. The largest absolute Gasteiger partial charge is 0.743 e. The molecule has 1 saturated heterocycles. The van der Waals surface area contributed by atoms with Gasteiger partial charge in [0, 0.05) is 21.7 Å². The van der Waals surface area contributed by atoms with Crippen molar-refractivity contribution in [3.63, 3.8) is 0 Å². The number of hydrogen-bond donors (Lipinski definition) is 0. The summed E-state index contributed by atoms with van der Waals surface area (Å²) in [5.41, 5.74) is 0. The van der Waals surface area contributed by atoms with Crippen molar-refractivity contribution in [1.82, 2.24) is 0 Å². The molecule has 34 heavy (non-hydrogen) atoms. The van der Waals surface area contributed by atoms with Crippen LogP contribution in [0, 0.1) is 0 Å². The van der Waals surface area contributed by atoms with E-state index < -0.39 is 33.4 Å². The second kappa shape index (κ2) is 9.64. The van der Waals surface area contributed by atoms with Crippen molar-refractivity contribution in [2.75, 3.05) is 18.6 Å². The zero-order valence-corrected chi connectivity index (χ0v) is 18.8. The lowest BCUT2D eigenvalue weighted by molar-refractivity contribution is -0.382. The van der Waals surface area contributed by atoms with Crippen molar-refractivity contribution in [2.24, 2.45) is 0 Å². The average Bonchev–Trinajstić information content (AvgIpc) is 3.26. The highest BCUT2D eigenvalue weighted by Crippen LogP contribution is 2.54. The predicted molar refractivity (Wildman–Crippen MR) is 106 cm³/mol. The second-order valence-corrected chi connectivity index (χ2v) is 10.7. The highest BCUT2D eigenvalue weighted by atomic mass is 32.2. The van der Waals surface area contributed by atoms with E-state index in [0.717, 1.165) is 5.75 Å². The van der Waals surface area contributed by atoms with E-state index in [-0.39, 0.29) is 0 Å². The summed E-state index contributed by atoms with van der Waals surface area (Å²) in [6, 6.07) is 13.0. The Labute approximate surface area is 191 Å². The Balaban J connectivity index is 0.000000240. The molecule has 1 aliphatic rings. The van der Waals surface area contributed by atoms with Gasteiger partial charge in [0.2, 0.25) is 0 Å². The molecule has 2 aromatic rings. The minimum absolute atomic E-state index is 0.469. The van der Waals surface area contributed by atoms with Gasteiger partial charge in [-0.25, -0.2) is 8.42 Å². The van der Waals surface area contributed by atoms with Crippen LogP contribution in [0.4, 0.5) is 39.5 Å². The summed E-state index contributed by atoms with van der Waals surface area (Å²) < 4.78 is 141. The molecule has 1 fully saturated rings. The first kappa shape index (κ1) is 28.4. The van der Waals surface area contributed by atoms with Gasteiger partial charge in [0.05, 0.1) is 7.11 Å². The van der Waals surface area contributed by atoms with E-state index in [0.29, 0.717) is 10.9 Å². The van der Waals surface area contributed by atoms with Crippen LogP contribution < -0.4 is 4.74 Å². The molecule has 3 rings (SSSR count). The molecule has 0 saturated carbocycles. The molecule has 1 heterocycles. The van der Waals surface area contributed by atoms with E-state index in [9.17, 15) is 52.5 Å². The van der Waals surface area contributed by atoms with Crippen molar-refractivity contribution in [2.45, 2.75) is 41.0 Å². The van der Waals surface area contributed by atoms with Gasteiger partial charge < -0.3 is 9.29 Å². The maximum absolute atomic E-state index is 12.2. The van der Waals surface area contributed by atoms with E-state index in [4.69, 9.17) is 4.74 Å². The fourth-order valence-electron chi connectivity index (χ4n) is 3.07. The third-order valence-electron chi connectivity index (χ3n) is 4.84. The van der Waals surface area contributed by atoms with Gasteiger partial charge in [0.15, 0.2) is 15.0 Å². The van der Waals surface area contributed by atoms with Crippen LogP contribution >= 0.6 is 0 Å². The number of methoxy groups -OCH3 is 1. The number of benzene rings is 2. The van der Waals surface area contributed by atoms with Crippen LogP contribution in [-0.4, -0.2) is 54.9 Å². The van der Waals surface area contributed by atoms with Crippen molar-refractivity contribution in [3.05, 3.63) is 36.4 Å². The Morgan fingerprint density at radius 1 is 0.824 bits per heavy atom. The summed E-state index contributed by atoms with van der Waals surface area (Å²) in [6.07, 6.45) is -4.38. The number of rotatable bonds is 5. The lowest BCUT2D eigenvalue weighted by Gasteiger charge is -2.34. The molecule has 0 radical (unpaired) electrons. The topological polar surface area (TPSA) is 66.4 Å². The molecule has 0 amide bonds. The number of hydrogen-bond acceptors (Lipinski definition) is 4. The summed E-state index contributed by atoms with van der Waals surface area (Å²) in [5.74, 6) is -11.1. The summed E-state index contributed by atoms with van der Waals surface area (Å²) in [6.45, 7) is 0. The fourth-order valence-corrected chi connectivity index (χ4v) is 6.01. The molecular formula is C19H17F9O4S2. The maximum Gasteiger partial charge on any atom is 0.460 e. The van der Waals surface area contributed by atoms with E-state index >= 15 is 0 Å². The first-order valence-electron chi connectivity index (χ1n) is 9.29. The van der Waals surface area contributed by atoms with Gasteiger partial charge in [-0.15, -0.1) is 0 Å². The van der Waals surface area contributed by atoms with Gasteiger partial charge in [0.1, 0.15) is 17.3 Å². The highest BCUT2D eigenvalue weighted by Gasteiger charge is 2.83. The average molecular weight is 544 g/mol. The van der Waals surface area contributed by atoms with Crippen molar-refractivity contribution >= 4 is 31.8 Å². The normalized spacial score (nSPS) is 16.3. The molecule has 4 nitrogen and oxygen atoms in total. The molecule has 0 aliphatic carbocycles. The van der Waals surface area contributed by atoms with Crippen LogP contribution in [0.1, 0.15) is 12.8 Å². The molecule has 2 aromatic carbocycles. The Hall–Kier alpha value is -1.87. The molecule has 0 spiro atoms. The lowest BCUT2D eigenvalue weighted by atomic mass is 10.1. The number of fused-ring (bicyclic) bond motifs is 1. The van der Waals surface area contributed by atoms with Crippen molar-refractivity contribution in [1.29, 1.82) is 0 Å².